The average molecular weight is 531 g/mol. The molecule has 1 aliphatic carbocycles. The lowest BCUT2D eigenvalue weighted by Crippen LogP contribution is -2.57. The van der Waals surface area contributed by atoms with E-state index >= 15 is 0 Å². The number of carbonyl (C=O) groups is 4. The quantitative estimate of drug-likeness (QED) is 0.334. The van der Waals surface area contributed by atoms with E-state index in [1.165, 1.54) is 24.1 Å². The minimum absolute atomic E-state index is 0.0190. The van der Waals surface area contributed by atoms with Gasteiger partial charge in [0.05, 0.1) is 31.4 Å². The third-order valence-corrected chi connectivity index (χ3v) is 7.64. The molecule has 1 spiro atoms. The number of likely N-dealkylation sites (tertiary alicyclic amines) is 1. The van der Waals surface area contributed by atoms with Gasteiger partial charge in [0, 0.05) is 24.2 Å². The molecule has 9 heteroatoms. The van der Waals surface area contributed by atoms with Crippen LogP contribution in [0.15, 0.2) is 71.4 Å². The van der Waals surface area contributed by atoms with Crippen molar-refractivity contribution in [3.63, 3.8) is 0 Å². The first-order valence-electron chi connectivity index (χ1n) is 12.7. The van der Waals surface area contributed by atoms with E-state index in [4.69, 9.17) is 4.74 Å². The van der Waals surface area contributed by atoms with E-state index in [1.54, 1.807) is 12.1 Å². The molecule has 1 unspecified atom stereocenters. The summed E-state index contributed by atoms with van der Waals surface area (Å²) in [5, 5.41) is 21.4. The number of hydrogen-bond donors (Lipinski definition) is 2. The zero-order valence-electron chi connectivity index (χ0n) is 22.1. The largest absolute Gasteiger partial charge is 0.507 e. The van der Waals surface area contributed by atoms with E-state index < -0.39 is 46.5 Å². The van der Waals surface area contributed by atoms with Gasteiger partial charge in [0.1, 0.15) is 11.5 Å². The number of β-amino-alcohol motifs (C(OH)–C–C–N with tert-alkyl or cyclic N) is 1. The van der Waals surface area contributed by atoms with Crippen LogP contribution in [0.2, 0.25) is 0 Å². The second-order valence-electron chi connectivity index (χ2n) is 10.8. The van der Waals surface area contributed by atoms with Crippen LogP contribution in [0.1, 0.15) is 37.8 Å². The average Bonchev–Trinajstić information content (AvgIpc) is 3.27. The number of nitrogens with zero attached hydrogens (tertiary/aromatic N) is 2. The number of methoxy groups -OCH3 is 1. The van der Waals surface area contributed by atoms with Gasteiger partial charge < -0.3 is 24.7 Å². The number of ketones is 2. The molecule has 2 aliphatic heterocycles. The SMILES string of the molecule is COc1ccc(C(O)=C2C(=O)C(=O)N(CCO)C23C(=O)N(Cc2ccccc2)C2=C3C(=O)CC(C)(C)C2)cc1. The Labute approximate surface area is 226 Å². The number of Topliss-reactive ketones (excluding diaryl/α,β-unsaturated/α-hetero) is 2. The van der Waals surface area contributed by atoms with Crippen molar-refractivity contribution in [2.75, 3.05) is 20.3 Å². The molecular formula is C30H30N2O7. The van der Waals surface area contributed by atoms with Crippen LogP contribution < -0.4 is 4.74 Å². The Hall–Kier alpha value is -4.24. The van der Waals surface area contributed by atoms with E-state index in [9.17, 15) is 29.4 Å². The first-order chi connectivity index (χ1) is 18.6. The molecule has 0 aromatic heterocycles. The summed E-state index contributed by atoms with van der Waals surface area (Å²) < 4.78 is 5.18. The van der Waals surface area contributed by atoms with Crippen molar-refractivity contribution in [2.45, 2.75) is 38.8 Å². The maximum absolute atomic E-state index is 14.6. The number of aliphatic hydroxyl groups is 2. The number of ether oxygens (including phenoxy) is 1. The van der Waals surface area contributed by atoms with Crippen molar-refractivity contribution in [2.24, 2.45) is 5.41 Å². The fourth-order valence-corrected chi connectivity index (χ4v) is 5.99. The number of amides is 2. The third kappa shape index (κ3) is 3.96. The highest BCUT2D eigenvalue weighted by Crippen LogP contribution is 2.54. The van der Waals surface area contributed by atoms with Gasteiger partial charge in [-0.15, -0.1) is 0 Å². The molecule has 2 N–H and O–H groups in total. The van der Waals surface area contributed by atoms with Crippen LogP contribution in [0, 0.1) is 5.41 Å². The molecule has 1 atom stereocenters. The Kier molecular flexibility index (Phi) is 6.42. The highest BCUT2D eigenvalue weighted by Gasteiger charge is 2.70. The minimum atomic E-state index is -2.18. The minimum Gasteiger partial charge on any atom is -0.507 e. The Morgan fingerprint density at radius 2 is 1.64 bits per heavy atom. The van der Waals surface area contributed by atoms with Gasteiger partial charge in [0.15, 0.2) is 11.3 Å². The lowest BCUT2D eigenvalue weighted by molar-refractivity contribution is -0.145. The van der Waals surface area contributed by atoms with Gasteiger partial charge in [-0.3, -0.25) is 19.2 Å². The second-order valence-corrected chi connectivity index (χ2v) is 10.8. The zero-order valence-corrected chi connectivity index (χ0v) is 22.1. The summed E-state index contributed by atoms with van der Waals surface area (Å²) in [6.45, 7) is 3.03. The first kappa shape index (κ1) is 26.4. The Bertz CT molecular complexity index is 1440. The summed E-state index contributed by atoms with van der Waals surface area (Å²) in [7, 11) is 1.48. The number of aliphatic hydroxyl groups excluding tert-OH is 2. The summed E-state index contributed by atoms with van der Waals surface area (Å²) in [6.07, 6.45) is 0.437. The molecule has 2 heterocycles. The van der Waals surface area contributed by atoms with Crippen molar-refractivity contribution in [3.8, 4) is 5.75 Å². The molecule has 3 aliphatic rings. The predicted octanol–water partition coefficient (Wildman–Crippen LogP) is 2.79. The van der Waals surface area contributed by atoms with Gasteiger partial charge in [0.25, 0.3) is 17.6 Å². The van der Waals surface area contributed by atoms with E-state index in [2.05, 4.69) is 0 Å². The molecule has 202 valence electrons. The molecule has 1 saturated heterocycles. The van der Waals surface area contributed by atoms with Crippen LogP contribution in [-0.4, -0.2) is 69.2 Å². The van der Waals surface area contributed by atoms with Crippen LogP contribution in [0.3, 0.4) is 0 Å². The maximum Gasteiger partial charge on any atom is 0.296 e. The third-order valence-electron chi connectivity index (χ3n) is 7.64. The van der Waals surface area contributed by atoms with E-state index in [1.807, 2.05) is 44.2 Å². The molecule has 0 bridgehead atoms. The summed E-state index contributed by atoms with van der Waals surface area (Å²) in [5.74, 6) is -3.27. The van der Waals surface area contributed by atoms with Gasteiger partial charge in [-0.1, -0.05) is 44.2 Å². The van der Waals surface area contributed by atoms with Crippen molar-refractivity contribution in [3.05, 3.63) is 82.6 Å². The van der Waals surface area contributed by atoms with Gasteiger partial charge in [-0.2, -0.15) is 0 Å². The fourth-order valence-electron chi connectivity index (χ4n) is 5.99. The van der Waals surface area contributed by atoms with Gasteiger partial charge >= 0.3 is 0 Å². The highest BCUT2D eigenvalue weighted by molar-refractivity contribution is 6.50. The normalized spacial score (nSPS) is 23.7. The molecule has 0 radical (unpaired) electrons. The van der Waals surface area contributed by atoms with Gasteiger partial charge in [-0.05, 0) is 41.7 Å². The number of fused-ring (bicyclic) bond motifs is 1. The van der Waals surface area contributed by atoms with Crippen LogP contribution in [0.4, 0.5) is 0 Å². The first-order valence-corrected chi connectivity index (χ1v) is 12.7. The van der Waals surface area contributed by atoms with E-state index in [-0.39, 0.29) is 36.4 Å². The lowest BCUT2D eigenvalue weighted by atomic mass is 9.70. The molecule has 2 aromatic carbocycles. The van der Waals surface area contributed by atoms with Crippen LogP contribution in [0.25, 0.3) is 5.76 Å². The Morgan fingerprint density at radius 1 is 0.974 bits per heavy atom. The van der Waals surface area contributed by atoms with E-state index in [0.29, 0.717) is 17.9 Å². The smallest absolute Gasteiger partial charge is 0.296 e. The summed E-state index contributed by atoms with van der Waals surface area (Å²) in [6, 6.07) is 15.3. The standard InChI is InChI=1S/C30H30N2O7/c1-29(2)15-21-23(22(34)16-29)30(28(38)31(21)17-18-7-5-4-6-8-18)24(26(36)27(37)32(30)13-14-33)25(35)19-9-11-20(39-3)12-10-19/h4-12,33,35H,13-17H2,1-3H3. The van der Waals surface area contributed by atoms with Crippen molar-refractivity contribution in [1.29, 1.82) is 0 Å². The number of hydrogen-bond acceptors (Lipinski definition) is 7. The van der Waals surface area contributed by atoms with Crippen molar-refractivity contribution in [1.82, 2.24) is 9.80 Å². The number of carbonyl (C=O) groups excluding carboxylic acids is 4. The summed E-state index contributed by atoms with van der Waals surface area (Å²) in [4.78, 5) is 57.9. The molecule has 5 rings (SSSR count). The maximum atomic E-state index is 14.6. The van der Waals surface area contributed by atoms with Crippen molar-refractivity contribution >= 4 is 29.1 Å². The molecular weight excluding hydrogens is 500 g/mol. The molecule has 39 heavy (non-hydrogen) atoms. The number of benzene rings is 2. The van der Waals surface area contributed by atoms with Crippen molar-refractivity contribution < 1.29 is 34.1 Å². The van der Waals surface area contributed by atoms with Gasteiger partial charge in [0.2, 0.25) is 0 Å². The highest BCUT2D eigenvalue weighted by atomic mass is 16.5. The molecule has 2 amide bonds. The summed E-state index contributed by atoms with van der Waals surface area (Å²) >= 11 is 0. The molecule has 0 saturated carbocycles. The van der Waals surface area contributed by atoms with E-state index in [0.717, 1.165) is 10.5 Å². The topological polar surface area (TPSA) is 124 Å². The Morgan fingerprint density at radius 3 is 2.26 bits per heavy atom. The molecule has 9 nitrogen and oxygen atoms in total. The Balaban J connectivity index is 1.81. The van der Waals surface area contributed by atoms with Gasteiger partial charge in [-0.25, -0.2) is 0 Å². The predicted molar refractivity (Wildman–Crippen MR) is 141 cm³/mol. The number of allylic oxidation sites excluding steroid dienone is 1. The fraction of sp³-hybridized carbons (Fsp3) is 0.333. The second kappa shape index (κ2) is 9.50. The zero-order chi connectivity index (χ0) is 28.1. The monoisotopic (exact) mass is 530 g/mol. The van der Waals surface area contributed by atoms with Crippen LogP contribution >= 0.6 is 0 Å². The molecule has 2 aromatic rings. The van der Waals surface area contributed by atoms with Crippen LogP contribution in [-0.2, 0) is 25.7 Å². The van der Waals surface area contributed by atoms with Crippen LogP contribution in [0.5, 0.6) is 5.75 Å². The lowest BCUT2D eigenvalue weighted by Gasteiger charge is -2.37. The molecule has 1 fully saturated rings. The summed E-state index contributed by atoms with van der Waals surface area (Å²) in [5.41, 5.74) is -1.71. The number of rotatable bonds is 6.